The molecule has 108 valence electrons. The molecule has 19 heavy (non-hydrogen) atoms. The van der Waals surface area contributed by atoms with E-state index < -0.39 is 0 Å². The van der Waals surface area contributed by atoms with E-state index in [1.165, 1.54) is 11.1 Å². The summed E-state index contributed by atoms with van der Waals surface area (Å²) < 4.78 is 0. The first kappa shape index (κ1) is 16.0. The van der Waals surface area contributed by atoms with Crippen LogP contribution in [0.1, 0.15) is 60.3 Å². The molecule has 0 aromatic heterocycles. The number of nitrogens with zero attached hydrogens (tertiary/aromatic N) is 1. The molecule has 0 N–H and O–H groups in total. The van der Waals surface area contributed by atoms with Crippen LogP contribution in [0.2, 0.25) is 0 Å². The molecule has 1 aliphatic carbocycles. The number of carbonyl (C=O) groups excluding carboxylic acids is 1. The summed E-state index contributed by atoms with van der Waals surface area (Å²) in [7, 11) is 0. The van der Waals surface area contributed by atoms with Crippen LogP contribution < -0.4 is 0 Å². The molecule has 1 saturated carbocycles. The molecule has 0 saturated heterocycles. The Morgan fingerprint density at radius 1 is 1.21 bits per heavy atom. The zero-order chi connectivity index (χ0) is 14.4. The maximum Gasteiger partial charge on any atom is 0.226 e. The standard InChI is InChI=1S/C17H29NO/c1-13(2)7-6-8-15(5)11-12-18(14(3)4)17(19)16-9-10-16/h7,11,14,16H,6,8-10,12H2,1-5H3. The summed E-state index contributed by atoms with van der Waals surface area (Å²) in [6.45, 7) is 11.4. The van der Waals surface area contributed by atoms with Crippen molar-refractivity contribution in [3.05, 3.63) is 23.3 Å². The summed E-state index contributed by atoms with van der Waals surface area (Å²) in [6.07, 6.45) is 8.86. The first-order valence-electron chi connectivity index (χ1n) is 7.51. The van der Waals surface area contributed by atoms with Gasteiger partial charge in [-0.15, -0.1) is 0 Å². The number of rotatable bonds is 7. The molecular weight excluding hydrogens is 234 g/mol. The molecule has 0 spiro atoms. The molecular formula is C17H29NO. The largest absolute Gasteiger partial charge is 0.336 e. The first-order chi connectivity index (χ1) is 8.91. The number of hydrogen-bond donors (Lipinski definition) is 0. The van der Waals surface area contributed by atoms with Gasteiger partial charge in [0.15, 0.2) is 0 Å². The lowest BCUT2D eigenvalue weighted by Gasteiger charge is -2.25. The monoisotopic (exact) mass is 263 g/mol. The van der Waals surface area contributed by atoms with E-state index in [2.05, 4.69) is 46.8 Å². The fraction of sp³-hybridized carbons (Fsp3) is 0.706. The van der Waals surface area contributed by atoms with Crippen LogP contribution in [0.15, 0.2) is 23.3 Å². The van der Waals surface area contributed by atoms with Gasteiger partial charge in [0.2, 0.25) is 5.91 Å². The number of allylic oxidation sites excluding steroid dienone is 3. The fourth-order valence-corrected chi connectivity index (χ4v) is 2.06. The molecule has 2 heteroatoms. The Morgan fingerprint density at radius 3 is 2.32 bits per heavy atom. The molecule has 1 fully saturated rings. The molecule has 0 bridgehead atoms. The van der Waals surface area contributed by atoms with Crippen molar-refractivity contribution in [2.24, 2.45) is 5.92 Å². The maximum absolute atomic E-state index is 12.2. The maximum atomic E-state index is 12.2. The van der Waals surface area contributed by atoms with Gasteiger partial charge in [0, 0.05) is 18.5 Å². The highest BCUT2D eigenvalue weighted by atomic mass is 16.2. The zero-order valence-corrected chi connectivity index (χ0v) is 13.2. The van der Waals surface area contributed by atoms with Crippen LogP contribution >= 0.6 is 0 Å². The summed E-state index contributed by atoms with van der Waals surface area (Å²) >= 11 is 0. The molecule has 1 rings (SSSR count). The lowest BCUT2D eigenvalue weighted by molar-refractivity contribution is -0.133. The third kappa shape index (κ3) is 6.09. The van der Waals surface area contributed by atoms with Crippen LogP contribution in [-0.4, -0.2) is 23.4 Å². The van der Waals surface area contributed by atoms with Crippen molar-refractivity contribution in [2.75, 3.05) is 6.54 Å². The predicted octanol–water partition coefficient (Wildman–Crippen LogP) is 4.33. The van der Waals surface area contributed by atoms with E-state index in [0.717, 1.165) is 32.2 Å². The molecule has 1 amide bonds. The highest BCUT2D eigenvalue weighted by Gasteiger charge is 2.33. The van der Waals surface area contributed by atoms with E-state index in [4.69, 9.17) is 0 Å². The Labute approximate surface area is 118 Å². The Morgan fingerprint density at radius 2 is 1.84 bits per heavy atom. The molecule has 0 unspecified atom stereocenters. The van der Waals surface area contributed by atoms with Gasteiger partial charge in [-0.05, 0) is 60.3 Å². The van der Waals surface area contributed by atoms with E-state index in [9.17, 15) is 4.79 Å². The zero-order valence-electron chi connectivity index (χ0n) is 13.2. The van der Waals surface area contributed by atoms with Gasteiger partial charge in [0.05, 0.1) is 0 Å². The van der Waals surface area contributed by atoms with Gasteiger partial charge in [-0.2, -0.15) is 0 Å². The van der Waals surface area contributed by atoms with Crippen molar-refractivity contribution in [1.82, 2.24) is 4.90 Å². The van der Waals surface area contributed by atoms with E-state index in [0.29, 0.717) is 17.9 Å². The molecule has 0 aliphatic heterocycles. The molecule has 0 heterocycles. The first-order valence-corrected chi connectivity index (χ1v) is 7.51. The normalized spacial score (nSPS) is 15.6. The van der Waals surface area contributed by atoms with E-state index in [1.54, 1.807) is 0 Å². The smallest absolute Gasteiger partial charge is 0.226 e. The van der Waals surface area contributed by atoms with Crippen LogP contribution in [0.5, 0.6) is 0 Å². The van der Waals surface area contributed by atoms with Crippen LogP contribution in [0.3, 0.4) is 0 Å². The van der Waals surface area contributed by atoms with Crippen molar-refractivity contribution in [1.29, 1.82) is 0 Å². The van der Waals surface area contributed by atoms with Crippen molar-refractivity contribution in [2.45, 2.75) is 66.3 Å². The van der Waals surface area contributed by atoms with Crippen molar-refractivity contribution >= 4 is 5.91 Å². The number of amides is 1. The average molecular weight is 263 g/mol. The molecule has 0 aromatic rings. The second kappa shape index (κ2) is 7.52. The summed E-state index contributed by atoms with van der Waals surface area (Å²) in [5, 5.41) is 0. The van der Waals surface area contributed by atoms with E-state index in [-0.39, 0.29) is 0 Å². The summed E-state index contributed by atoms with van der Waals surface area (Å²) in [6, 6.07) is 0.301. The lowest BCUT2D eigenvalue weighted by atomic mass is 10.1. The highest BCUT2D eigenvalue weighted by molar-refractivity contribution is 5.81. The SMILES string of the molecule is CC(C)=CCCC(C)=CCN(C(=O)C1CC1)C(C)C. The Hall–Kier alpha value is -1.05. The molecule has 1 aliphatic rings. The highest BCUT2D eigenvalue weighted by Crippen LogP contribution is 2.31. The molecule has 2 nitrogen and oxygen atoms in total. The van der Waals surface area contributed by atoms with Gasteiger partial charge in [-0.25, -0.2) is 0 Å². The average Bonchev–Trinajstić information content (AvgIpc) is 3.11. The van der Waals surface area contributed by atoms with Gasteiger partial charge < -0.3 is 4.90 Å². The predicted molar refractivity (Wildman–Crippen MR) is 82.0 cm³/mol. The second-order valence-electron chi connectivity index (χ2n) is 6.23. The van der Waals surface area contributed by atoms with E-state index >= 15 is 0 Å². The fourth-order valence-electron chi connectivity index (χ4n) is 2.06. The van der Waals surface area contributed by atoms with Gasteiger partial charge in [0.25, 0.3) is 0 Å². The van der Waals surface area contributed by atoms with Gasteiger partial charge in [-0.1, -0.05) is 23.3 Å². The summed E-state index contributed by atoms with van der Waals surface area (Å²) in [5.41, 5.74) is 2.76. The van der Waals surface area contributed by atoms with E-state index in [1.807, 2.05) is 4.90 Å². The van der Waals surface area contributed by atoms with Crippen LogP contribution in [0.4, 0.5) is 0 Å². The number of hydrogen-bond acceptors (Lipinski definition) is 1. The van der Waals surface area contributed by atoms with Gasteiger partial charge in [0.1, 0.15) is 0 Å². The quantitative estimate of drug-likeness (QED) is 0.626. The minimum atomic E-state index is 0.301. The van der Waals surface area contributed by atoms with Gasteiger partial charge >= 0.3 is 0 Å². The lowest BCUT2D eigenvalue weighted by Crippen LogP contribution is -2.38. The van der Waals surface area contributed by atoms with Crippen LogP contribution in [0, 0.1) is 5.92 Å². The van der Waals surface area contributed by atoms with Crippen LogP contribution in [-0.2, 0) is 4.79 Å². The van der Waals surface area contributed by atoms with Crippen molar-refractivity contribution in [3.8, 4) is 0 Å². The van der Waals surface area contributed by atoms with Gasteiger partial charge in [-0.3, -0.25) is 4.79 Å². The summed E-state index contributed by atoms with van der Waals surface area (Å²) in [5.74, 6) is 0.671. The third-order valence-corrected chi connectivity index (χ3v) is 3.56. The van der Waals surface area contributed by atoms with Crippen molar-refractivity contribution in [3.63, 3.8) is 0 Å². The van der Waals surface area contributed by atoms with Crippen LogP contribution in [0.25, 0.3) is 0 Å². The minimum Gasteiger partial charge on any atom is -0.336 e. The third-order valence-electron chi connectivity index (χ3n) is 3.56. The van der Waals surface area contributed by atoms with Crippen molar-refractivity contribution < 1.29 is 4.79 Å². The Balaban J connectivity index is 2.45. The summed E-state index contributed by atoms with van der Waals surface area (Å²) in [4.78, 5) is 14.2. The topological polar surface area (TPSA) is 20.3 Å². The number of carbonyl (C=O) groups is 1. The molecule has 0 atom stereocenters. The minimum absolute atomic E-state index is 0.301. The molecule has 0 aromatic carbocycles. The Bertz CT molecular complexity index is 357. The second-order valence-corrected chi connectivity index (χ2v) is 6.23. The Kier molecular flexibility index (Phi) is 6.33. The molecule has 0 radical (unpaired) electrons.